The highest BCUT2D eigenvalue weighted by atomic mass is 19.4. The maximum atomic E-state index is 12.0. The highest BCUT2D eigenvalue weighted by Crippen LogP contribution is 2.23. The van der Waals surface area contributed by atoms with Gasteiger partial charge in [-0.2, -0.15) is 0 Å². The van der Waals surface area contributed by atoms with Crippen molar-refractivity contribution < 1.29 is 22.6 Å². The van der Waals surface area contributed by atoms with E-state index in [1.807, 2.05) is 6.92 Å². The SMILES string of the molecule is COC(C)CN=C(N)Nc1ccc(OC(F)(F)F)cc1. The van der Waals surface area contributed by atoms with Crippen LogP contribution in [0.1, 0.15) is 6.92 Å². The number of nitrogens with two attached hydrogens (primary N) is 1. The summed E-state index contributed by atoms with van der Waals surface area (Å²) in [6, 6.07) is 5.17. The number of halogens is 3. The van der Waals surface area contributed by atoms with Gasteiger partial charge in [-0.3, -0.25) is 4.99 Å². The second-order valence-corrected chi connectivity index (χ2v) is 3.97. The summed E-state index contributed by atoms with van der Waals surface area (Å²) in [5.74, 6) is -0.148. The van der Waals surface area contributed by atoms with Crippen molar-refractivity contribution in [2.45, 2.75) is 19.4 Å². The van der Waals surface area contributed by atoms with Crippen LogP contribution in [0.2, 0.25) is 0 Å². The van der Waals surface area contributed by atoms with Gasteiger partial charge >= 0.3 is 6.36 Å². The largest absolute Gasteiger partial charge is 0.573 e. The fraction of sp³-hybridized carbons (Fsp3) is 0.417. The van der Waals surface area contributed by atoms with E-state index in [4.69, 9.17) is 10.5 Å². The van der Waals surface area contributed by atoms with Gasteiger partial charge < -0.3 is 20.5 Å². The molecular weight excluding hydrogens is 275 g/mol. The minimum absolute atomic E-state index is 0.0714. The van der Waals surface area contributed by atoms with Gasteiger partial charge in [-0.25, -0.2) is 0 Å². The van der Waals surface area contributed by atoms with E-state index in [1.165, 1.54) is 24.3 Å². The summed E-state index contributed by atoms with van der Waals surface area (Å²) >= 11 is 0. The second kappa shape index (κ2) is 6.99. The standard InChI is InChI=1S/C12H16F3N3O2/c1-8(19-2)7-17-11(16)18-9-3-5-10(6-4-9)20-12(13,14)15/h3-6,8H,7H2,1-2H3,(H3,16,17,18). The minimum Gasteiger partial charge on any atom is -0.406 e. The lowest BCUT2D eigenvalue weighted by Gasteiger charge is -2.10. The third-order valence-electron chi connectivity index (χ3n) is 2.28. The quantitative estimate of drug-likeness (QED) is 0.645. The number of hydrogen-bond donors (Lipinski definition) is 2. The number of ether oxygens (including phenoxy) is 2. The molecule has 0 aromatic heterocycles. The molecule has 3 N–H and O–H groups in total. The van der Waals surface area contributed by atoms with Crippen LogP contribution in [-0.4, -0.2) is 32.1 Å². The third kappa shape index (κ3) is 6.28. The highest BCUT2D eigenvalue weighted by molar-refractivity contribution is 5.92. The first-order valence-electron chi connectivity index (χ1n) is 5.75. The zero-order valence-corrected chi connectivity index (χ0v) is 11.1. The van der Waals surface area contributed by atoms with Gasteiger partial charge in [0, 0.05) is 12.8 Å². The Bertz CT molecular complexity index is 446. The number of hydrogen-bond acceptors (Lipinski definition) is 3. The van der Waals surface area contributed by atoms with Crippen molar-refractivity contribution in [1.29, 1.82) is 0 Å². The zero-order chi connectivity index (χ0) is 15.2. The number of guanidine groups is 1. The maximum Gasteiger partial charge on any atom is 0.573 e. The van der Waals surface area contributed by atoms with Crippen molar-refractivity contribution in [3.05, 3.63) is 24.3 Å². The molecule has 0 aliphatic carbocycles. The van der Waals surface area contributed by atoms with Crippen LogP contribution in [0.15, 0.2) is 29.3 Å². The molecule has 0 aliphatic heterocycles. The lowest BCUT2D eigenvalue weighted by Crippen LogP contribution is -2.24. The number of benzene rings is 1. The monoisotopic (exact) mass is 291 g/mol. The van der Waals surface area contributed by atoms with E-state index in [0.717, 1.165) is 0 Å². The predicted octanol–water partition coefficient (Wildman–Crippen LogP) is 2.35. The Morgan fingerprint density at radius 2 is 1.95 bits per heavy atom. The van der Waals surface area contributed by atoms with Gasteiger partial charge in [0.1, 0.15) is 5.75 Å². The molecule has 0 spiro atoms. The Balaban J connectivity index is 2.57. The fourth-order valence-electron chi connectivity index (χ4n) is 1.23. The first-order valence-corrected chi connectivity index (χ1v) is 5.75. The summed E-state index contributed by atoms with van der Waals surface area (Å²) in [6.45, 7) is 2.21. The van der Waals surface area contributed by atoms with E-state index < -0.39 is 6.36 Å². The summed E-state index contributed by atoms with van der Waals surface area (Å²) in [4.78, 5) is 4.02. The Morgan fingerprint density at radius 3 is 2.45 bits per heavy atom. The van der Waals surface area contributed by atoms with Gasteiger partial charge in [0.2, 0.25) is 0 Å². The number of anilines is 1. The van der Waals surface area contributed by atoms with E-state index in [1.54, 1.807) is 7.11 Å². The molecule has 0 heterocycles. The molecule has 0 radical (unpaired) electrons. The molecule has 0 saturated carbocycles. The molecule has 0 fully saturated rings. The summed E-state index contributed by atoms with van der Waals surface area (Å²) < 4.78 is 44.7. The third-order valence-corrected chi connectivity index (χ3v) is 2.28. The van der Waals surface area contributed by atoms with E-state index >= 15 is 0 Å². The van der Waals surface area contributed by atoms with Crippen LogP contribution in [0.3, 0.4) is 0 Å². The number of alkyl halides is 3. The number of nitrogens with one attached hydrogen (secondary N) is 1. The number of rotatable bonds is 5. The smallest absolute Gasteiger partial charge is 0.406 e. The summed E-state index contributed by atoms with van der Waals surface area (Å²) in [6.07, 6.45) is -4.77. The van der Waals surface area contributed by atoms with Crippen molar-refractivity contribution in [3.63, 3.8) is 0 Å². The van der Waals surface area contributed by atoms with Crippen LogP contribution in [-0.2, 0) is 4.74 Å². The van der Waals surface area contributed by atoms with E-state index in [2.05, 4.69) is 15.0 Å². The Morgan fingerprint density at radius 1 is 1.35 bits per heavy atom. The molecule has 0 aliphatic rings. The average molecular weight is 291 g/mol. The Hall–Kier alpha value is -1.96. The molecule has 0 bridgehead atoms. The summed E-state index contributed by atoms with van der Waals surface area (Å²) in [5.41, 5.74) is 6.13. The van der Waals surface area contributed by atoms with E-state index in [9.17, 15) is 13.2 Å². The van der Waals surface area contributed by atoms with E-state index in [0.29, 0.717) is 12.2 Å². The van der Waals surface area contributed by atoms with Crippen molar-refractivity contribution in [2.24, 2.45) is 10.7 Å². The number of nitrogens with zero attached hydrogens (tertiary/aromatic N) is 1. The average Bonchev–Trinajstić information content (AvgIpc) is 2.36. The van der Waals surface area contributed by atoms with Crippen molar-refractivity contribution >= 4 is 11.6 Å². The molecule has 0 amide bonds. The van der Waals surface area contributed by atoms with Crippen molar-refractivity contribution in [1.82, 2.24) is 0 Å². The lowest BCUT2D eigenvalue weighted by molar-refractivity contribution is -0.274. The molecule has 5 nitrogen and oxygen atoms in total. The maximum absolute atomic E-state index is 12.0. The molecular formula is C12H16F3N3O2. The minimum atomic E-state index is -4.70. The summed E-state index contributed by atoms with van der Waals surface area (Å²) in [7, 11) is 1.56. The van der Waals surface area contributed by atoms with Crippen LogP contribution in [0, 0.1) is 0 Å². The molecule has 8 heteroatoms. The molecule has 1 atom stereocenters. The van der Waals surface area contributed by atoms with Gasteiger partial charge in [0.25, 0.3) is 0 Å². The van der Waals surface area contributed by atoms with Gasteiger partial charge in [-0.1, -0.05) is 0 Å². The van der Waals surface area contributed by atoms with Crippen LogP contribution < -0.4 is 15.8 Å². The molecule has 0 saturated heterocycles. The first-order chi connectivity index (χ1) is 9.30. The molecule has 1 unspecified atom stereocenters. The zero-order valence-electron chi connectivity index (χ0n) is 11.1. The lowest BCUT2D eigenvalue weighted by atomic mass is 10.3. The normalized spacial score (nSPS) is 13.9. The highest BCUT2D eigenvalue weighted by Gasteiger charge is 2.30. The van der Waals surface area contributed by atoms with E-state index in [-0.39, 0.29) is 17.8 Å². The summed E-state index contributed by atoms with van der Waals surface area (Å²) in [5, 5.41) is 2.75. The van der Waals surface area contributed by atoms with Crippen LogP contribution in [0.4, 0.5) is 18.9 Å². The second-order valence-electron chi connectivity index (χ2n) is 3.97. The topological polar surface area (TPSA) is 68.9 Å². The Labute approximate surface area is 114 Å². The molecule has 112 valence electrons. The van der Waals surface area contributed by atoms with Gasteiger partial charge in [0.15, 0.2) is 5.96 Å². The van der Waals surface area contributed by atoms with Gasteiger partial charge in [-0.05, 0) is 31.2 Å². The molecule has 20 heavy (non-hydrogen) atoms. The van der Waals surface area contributed by atoms with Crippen molar-refractivity contribution in [2.75, 3.05) is 19.0 Å². The van der Waals surface area contributed by atoms with Crippen molar-refractivity contribution in [3.8, 4) is 5.75 Å². The van der Waals surface area contributed by atoms with Crippen LogP contribution in [0.25, 0.3) is 0 Å². The van der Waals surface area contributed by atoms with Gasteiger partial charge in [0.05, 0.1) is 12.6 Å². The predicted molar refractivity (Wildman–Crippen MR) is 69.7 cm³/mol. The first kappa shape index (κ1) is 16.1. The molecule has 1 aromatic rings. The molecule has 1 aromatic carbocycles. The fourth-order valence-corrected chi connectivity index (χ4v) is 1.23. The number of aliphatic imine (C=N–C) groups is 1. The Kier molecular flexibility index (Phi) is 5.63. The van der Waals surface area contributed by atoms with Gasteiger partial charge in [-0.15, -0.1) is 13.2 Å². The van der Waals surface area contributed by atoms with Crippen LogP contribution >= 0.6 is 0 Å². The van der Waals surface area contributed by atoms with Crippen LogP contribution in [0.5, 0.6) is 5.75 Å². The number of methoxy groups -OCH3 is 1. The molecule has 1 rings (SSSR count).